The Hall–Kier alpha value is -1.05. The molecule has 11 heavy (non-hydrogen) atoms. The molecule has 0 aliphatic rings. The molecule has 0 saturated heterocycles. The minimum absolute atomic E-state index is 0.403. The minimum atomic E-state index is 0.403. The summed E-state index contributed by atoms with van der Waals surface area (Å²) in [4.78, 5) is 0. The summed E-state index contributed by atoms with van der Waals surface area (Å²) >= 11 is 0. The number of hydrogen-bond donors (Lipinski definition) is 1. The normalized spacial score (nSPS) is 11.5. The monoisotopic (exact) mass is 152 g/mol. The average molecular weight is 152 g/mol. The maximum atomic E-state index is 4.09. The van der Waals surface area contributed by atoms with Crippen LogP contribution in [0.1, 0.15) is 20.8 Å². The van der Waals surface area contributed by atoms with Crippen LogP contribution in [0.15, 0.2) is 30.0 Å². The molecule has 2 heteroatoms. The zero-order valence-corrected chi connectivity index (χ0v) is 7.52. The van der Waals surface area contributed by atoms with Gasteiger partial charge in [0.05, 0.1) is 5.71 Å². The van der Waals surface area contributed by atoms with E-state index in [4.69, 9.17) is 0 Å². The lowest BCUT2D eigenvalue weighted by Crippen LogP contribution is -2.12. The first-order chi connectivity index (χ1) is 5.09. The van der Waals surface area contributed by atoms with E-state index >= 15 is 0 Å². The SMILES string of the molecule is C=CN/N=C(\C(=C)C)C(C)C. The number of rotatable bonds is 4. The molecule has 2 nitrogen and oxygen atoms in total. The Bertz CT molecular complexity index is 178. The van der Waals surface area contributed by atoms with E-state index in [0.29, 0.717) is 5.92 Å². The van der Waals surface area contributed by atoms with Gasteiger partial charge in [-0.05, 0) is 18.4 Å². The molecule has 1 N–H and O–H groups in total. The largest absolute Gasteiger partial charge is 0.286 e. The predicted octanol–water partition coefficient (Wildman–Crippen LogP) is 2.31. The second-order valence-corrected chi connectivity index (χ2v) is 2.77. The fourth-order valence-electron chi connectivity index (χ4n) is 0.833. The van der Waals surface area contributed by atoms with Crippen molar-refractivity contribution in [3.63, 3.8) is 0 Å². The molecule has 0 rings (SSSR count). The zero-order valence-electron chi connectivity index (χ0n) is 7.52. The van der Waals surface area contributed by atoms with Gasteiger partial charge in [-0.2, -0.15) is 5.10 Å². The summed E-state index contributed by atoms with van der Waals surface area (Å²) in [5, 5.41) is 4.09. The molecule has 0 atom stereocenters. The molecular weight excluding hydrogens is 136 g/mol. The van der Waals surface area contributed by atoms with Crippen molar-refractivity contribution in [3.8, 4) is 0 Å². The molecule has 0 fully saturated rings. The second kappa shape index (κ2) is 4.72. The van der Waals surface area contributed by atoms with Crippen LogP contribution in [0.4, 0.5) is 0 Å². The lowest BCUT2D eigenvalue weighted by Gasteiger charge is -2.08. The van der Waals surface area contributed by atoms with Crippen molar-refractivity contribution < 1.29 is 0 Å². The van der Waals surface area contributed by atoms with Gasteiger partial charge in [0.15, 0.2) is 0 Å². The van der Waals surface area contributed by atoms with Gasteiger partial charge in [-0.3, -0.25) is 5.43 Å². The van der Waals surface area contributed by atoms with Crippen LogP contribution < -0.4 is 5.43 Å². The third-order valence-corrected chi connectivity index (χ3v) is 1.26. The fourth-order valence-corrected chi connectivity index (χ4v) is 0.833. The first kappa shape index (κ1) is 9.95. The molecule has 0 aliphatic heterocycles. The van der Waals surface area contributed by atoms with Gasteiger partial charge >= 0.3 is 0 Å². The number of hydrazone groups is 1. The zero-order chi connectivity index (χ0) is 8.85. The van der Waals surface area contributed by atoms with Crippen LogP contribution in [0, 0.1) is 5.92 Å². The van der Waals surface area contributed by atoms with Crippen LogP contribution in [0.25, 0.3) is 0 Å². The van der Waals surface area contributed by atoms with Crippen LogP contribution in [-0.2, 0) is 0 Å². The number of nitrogens with one attached hydrogen (secondary N) is 1. The van der Waals surface area contributed by atoms with E-state index in [1.807, 2.05) is 6.92 Å². The van der Waals surface area contributed by atoms with Crippen molar-refractivity contribution in [1.82, 2.24) is 5.43 Å². The van der Waals surface area contributed by atoms with Crippen LogP contribution >= 0.6 is 0 Å². The molecule has 0 aromatic heterocycles. The second-order valence-electron chi connectivity index (χ2n) is 2.77. The highest BCUT2D eigenvalue weighted by Gasteiger charge is 2.04. The van der Waals surface area contributed by atoms with E-state index in [-0.39, 0.29) is 0 Å². The summed E-state index contributed by atoms with van der Waals surface area (Å²) in [5.41, 5.74) is 4.69. The van der Waals surface area contributed by atoms with E-state index in [9.17, 15) is 0 Å². The lowest BCUT2D eigenvalue weighted by atomic mass is 10.0. The topological polar surface area (TPSA) is 24.4 Å². The first-order valence-corrected chi connectivity index (χ1v) is 3.69. The van der Waals surface area contributed by atoms with Gasteiger partial charge in [0.25, 0.3) is 0 Å². The van der Waals surface area contributed by atoms with Crippen LogP contribution in [0.5, 0.6) is 0 Å². The molecule has 62 valence electrons. The van der Waals surface area contributed by atoms with Gasteiger partial charge in [-0.1, -0.05) is 27.0 Å². The highest BCUT2D eigenvalue weighted by atomic mass is 15.3. The summed E-state index contributed by atoms with van der Waals surface area (Å²) in [6.07, 6.45) is 1.55. The Morgan fingerprint density at radius 1 is 1.55 bits per heavy atom. The van der Waals surface area contributed by atoms with Crippen molar-refractivity contribution in [2.24, 2.45) is 11.0 Å². The molecular formula is C9H16N2. The number of nitrogens with zero attached hydrogens (tertiary/aromatic N) is 1. The maximum absolute atomic E-state index is 4.09. The van der Waals surface area contributed by atoms with Crippen molar-refractivity contribution in [2.45, 2.75) is 20.8 Å². The number of hydrogen-bond acceptors (Lipinski definition) is 2. The average Bonchev–Trinajstić information content (AvgIpc) is 1.87. The Kier molecular flexibility index (Phi) is 4.27. The van der Waals surface area contributed by atoms with E-state index in [0.717, 1.165) is 11.3 Å². The summed E-state index contributed by atoms with van der Waals surface area (Å²) in [6, 6.07) is 0. The molecule has 0 unspecified atom stereocenters. The first-order valence-electron chi connectivity index (χ1n) is 3.69. The van der Waals surface area contributed by atoms with Gasteiger partial charge in [0, 0.05) is 6.20 Å². The molecule has 0 aromatic rings. The van der Waals surface area contributed by atoms with Crippen LogP contribution in [-0.4, -0.2) is 5.71 Å². The molecule has 0 radical (unpaired) electrons. The minimum Gasteiger partial charge on any atom is -0.286 e. The highest BCUT2D eigenvalue weighted by Crippen LogP contribution is 2.04. The molecule has 0 saturated carbocycles. The van der Waals surface area contributed by atoms with Gasteiger partial charge in [0.2, 0.25) is 0 Å². The standard InChI is InChI=1S/C9H16N2/c1-6-10-11-9(7(2)3)8(4)5/h6,8,10H,1-2H2,3-5H3/b11-9+. The Labute approximate surface area is 68.7 Å². The highest BCUT2D eigenvalue weighted by molar-refractivity contribution is 6.00. The molecule has 0 aliphatic carbocycles. The lowest BCUT2D eigenvalue weighted by molar-refractivity contribution is 0.847. The van der Waals surface area contributed by atoms with Gasteiger partial charge in [-0.25, -0.2) is 0 Å². The smallest absolute Gasteiger partial charge is 0.0655 e. The van der Waals surface area contributed by atoms with Gasteiger partial charge < -0.3 is 0 Å². The van der Waals surface area contributed by atoms with Crippen molar-refractivity contribution in [1.29, 1.82) is 0 Å². The van der Waals surface area contributed by atoms with Crippen molar-refractivity contribution in [3.05, 3.63) is 24.9 Å². The predicted molar refractivity (Wildman–Crippen MR) is 50.4 cm³/mol. The fraction of sp³-hybridized carbons (Fsp3) is 0.444. The molecule has 0 bridgehead atoms. The maximum Gasteiger partial charge on any atom is 0.0655 e. The molecule has 0 spiro atoms. The summed E-state index contributed by atoms with van der Waals surface area (Å²) in [5.74, 6) is 0.403. The third kappa shape index (κ3) is 3.61. The van der Waals surface area contributed by atoms with E-state index in [2.05, 4.69) is 37.5 Å². The van der Waals surface area contributed by atoms with Crippen molar-refractivity contribution >= 4 is 5.71 Å². The summed E-state index contributed by atoms with van der Waals surface area (Å²) in [7, 11) is 0. The Balaban J connectivity index is 4.32. The van der Waals surface area contributed by atoms with Crippen LogP contribution in [0.2, 0.25) is 0 Å². The van der Waals surface area contributed by atoms with Crippen molar-refractivity contribution in [2.75, 3.05) is 0 Å². The van der Waals surface area contributed by atoms with E-state index in [1.165, 1.54) is 0 Å². The molecule has 0 amide bonds. The van der Waals surface area contributed by atoms with Crippen LogP contribution in [0.3, 0.4) is 0 Å². The molecule has 0 heterocycles. The van der Waals surface area contributed by atoms with E-state index in [1.54, 1.807) is 6.20 Å². The molecule has 0 aromatic carbocycles. The van der Waals surface area contributed by atoms with Gasteiger partial charge in [0.1, 0.15) is 0 Å². The number of allylic oxidation sites excluding steroid dienone is 1. The van der Waals surface area contributed by atoms with Gasteiger partial charge in [-0.15, -0.1) is 0 Å². The summed E-state index contributed by atoms with van der Waals surface area (Å²) in [6.45, 7) is 13.4. The Morgan fingerprint density at radius 2 is 2.09 bits per heavy atom. The van der Waals surface area contributed by atoms with E-state index < -0.39 is 0 Å². The quantitative estimate of drug-likeness (QED) is 0.485. The summed E-state index contributed by atoms with van der Waals surface area (Å²) < 4.78 is 0. The Morgan fingerprint density at radius 3 is 2.36 bits per heavy atom. The third-order valence-electron chi connectivity index (χ3n) is 1.26.